The number of imidazole rings is 1. The average molecular weight is 176 g/mol. The van der Waals surface area contributed by atoms with Gasteiger partial charge in [0.1, 0.15) is 5.65 Å². The second kappa shape index (κ2) is 2.76. The van der Waals surface area contributed by atoms with Crippen molar-refractivity contribution in [3.63, 3.8) is 0 Å². The first-order chi connectivity index (χ1) is 6.16. The van der Waals surface area contributed by atoms with Crippen LogP contribution in [0.1, 0.15) is 25.5 Å². The molecule has 0 aliphatic heterocycles. The molecule has 0 aromatic carbocycles. The highest BCUT2D eigenvalue weighted by Crippen LogP contribution is 2.12. The summed E-state index contributed by atoms with van der Waals surface area (Å²) in [5.74, 6) is 0.454. The molecule has 0 bridgehead atoms. The number of H-pyrrole nitrogens is 1. The standard InChI is InChI=1S/C10H12N2O/c1-7(2)9-6-12-4-3-8(13)5-10(12)11-9/h3-7,11H,1-2H3. The Hall–Kier alpha value is -1.51. The number of aromatic amines is 1. The molecule has 0 radical (unpaired) electrons. The Morgan fingerprint density at radius 1 is 1.46 bits per heavy atom. The quantitative estimate of drug-likeness (QED) is 0.706. The highest BCUT2D eigenvalue weighted by atomic mass is 16.1. The number of aromatic nitrogens is 2. The van der Waals surface area contributed by atoms with E-state index in [4.69, 9.17) is 0 Å². The summed E-state index contributed by atoms with van der Waals surface area (Å²) in [5.41, 5.74) is 2.04. The Labute approximate surface area is 76.0 Å². The Bertz CT molecular complexity index is 479. The molecular weight excluding hydrogens is 164 g/mol. The van der Waals surface area contributed by atoms with E-state index in [0.717, 1.165) is 11.3 Å². The lowest BCUT2D eigenvalue weighted by Gasteiger charge is -1.96. The van der Waals surface area contributed by atoms with E-state index in [1.165, 1.54) is 0 Å². The fourth-order valence-corrected chi connectivity index (χ4v) is 1.33. The first-order valence-electron chi connectivity index (χ1n) is 4.38. The van der Waals surface area contributed by atoms with E-state index in [9.17, 15) is 4.79 Å². The van der Waals surface area contributed by atoms with Crippen LogP contribution >= 0.6 is 0 Å². The lowest BCUT2D eigenvalue weighted by atomic mass is 10.2. The minimum absolute atomic E-state index is 0.0390. The molecule has 0 saturated heterocycles. The van der Waals surface area contributed by atoms with Crippen molar-refractivity contribution < 1.29 is 0 Å². The zero-order valence-electron chi connectivity index (χ0n) is 7.74. The SMILES string of the molecule is CC(C)c1cn2ccc(=O)cc2[nH]1. The molecular formula is C10H12N2O. The maximum Gasteiger partial charge on any atom is 0.183 e. The van der Waals surface area contributed by atoms with Crippen molar-refractivity contribution in [3.05, 3.63) is 40.4 Å². The van der Waals surface area contributed by atoms with E-state index < -0.39 is 0 Å². The maximum atomic E-state index is 11.0. The van der Waals surface area contributed by atoms with Crippen molar-refractivity contribution >= 4 is 5.65 Å². The Morgan fingerprint density at radius 2 is 2.23 bits per heavy atom. The number of rotatable bonds is 1. The zero-order valence-corrected chi connectivity index (χ0v) is 7.74. The molecule has 0 aliphatic rings. The number of fused-ring (bicyclic) bond motifs is 1. The van der Waals surface area contributed by atoms with Crippen molar-refractivity contribution in [2.45, 2.75) is 19.8 Å². The molecule has 0 fully saturated rings. The fourth-order valence-electron chi connectivity index (χ4n) is 1.33. The summed E-state index contributed by atoms with van der Waals surface area (Å²) in [7, 11) is 0. The molecule has 2 aromatic rings. The zero-order chi connectivity index (χ0) is 9.42. The predicted molar refractivity (Wildman–Crippen MR) is 52.1 cm³/mol. The molecule has 3 heteroatoms. The largest absolute Gasteiger partial charge is 0.343 e. The van der Waals surface area contributed by atoms with Crippen LogP contribution in [0.4, 0.5) is 0 Å². The lowest BCUT2D eigenvalue weighted by Crippen LogP contribution is -1.97. The number of nitrogens with zero attached hydrogens (tertiary/aromatic N) is 1. The molecule has 0 aliphatic carbocycles. The van der Waals surface area contributed by atoms with E-state index in [2.05, 4.69) is 18.8 Å². The van der Waals surface area contributed by atoms with Crippen LogP contribution in [0, 0.1) is 0 Å². The van der Waals surface area contributed by atoms with E-state index >= 15 is 0 Å². The average Bonchev–Trinajstić information content (AvgIpc) is 2.46. The summed E-state index contributed by atoms with van der Waals surface area (Å²) in [4.78, 5) is 14.2. The van der Waals surface area contributed by atoms with E-state index in [0.29, 0.717) is 5.92 Å². The van der Waals surface area contributed by atoms with Gasteiger partial charge in [0, 0.05) is 30.2 Å². The smallest absolute Gasteiger partial charge is 0.183 e. The van der Waals surface area contributed by atoms with E-state index in [1.54, 1.807) is 18.3 Å². The third-order valence-corrected chi connectivity index (χ3v) is 2.13. The van der Waals surface area contributed by atoms with Crippen LogP contribution in [-0.4, -0.2) is 9.38 Å². The van der Waals surface area contributed by atoms with Gasteiger partial charge >= 0.3 is 0 Å². The molecule has 0 spiro atoms. The molecule has 2 aromatic heterocycles. The summed E-state index contributed by atoms with van der Waals surface area (Å²) >= 11 is 0. The van der Waals surface area contributed by atoms with E-state index in [-0.39, 0.29) is 5.43 Å². The number of hydrogen-bond acceptors (Lipinski definition) is 1. The summed E-state index contributed by atoms with van der Waals surface area (Å²) in [6.07, 6.45) is 3.79. The van der Waals surface area contributed by atoms with Crippen LogP contribution in [0.2, 0.25) is 0 Å². The minimum atomic E-state index is 0.0390. The van der Waals surface area contributed by atoms with Gasteiger partial charge in [0.2, 0.25) is 0 Å². The third kappa shape index (κ3) is 1.37. The maximum absolute atomic E-state index is 11.0. The van der Waals surface area contributed by atoms with Gasteiger partial charge in [0.15, 0.2) is 5.43 Å². The summed E-state index contributed by atoms with van der Waals surface area (Å²) < 4.78 is 1.93. The topological polar surface area (TPSA) is 37.3 Å². The van der Waals surface area contributed by atoms with Crippen LogP contribution in [0.3, 0.4) is 0 Å². The van der Waals surface area contributed by atoms with Crippen molar-refractivity contribution in [2.75, 3.05) is 0 Å². The molecule has 0 unspecified atom stereocenters. The van der Waals surface area contributed by atoms with Crippen LogP contribution in [-0.2, 0) is 0 Å². The predicted octanol–water partition coefficient (Wildman–Crippen LogP) is 1.75. The van der Waals surface area contributed by atoms with Gasteiger partial charge in [-0.1, -0.05) is 13.8 Å². The number of hydrogen-bond donors (Lipinski definition) is 1. The summed E-state index contributed by atoms with van der Waals surface area (Å²) in [6, 6.07) is 3.16. The van der Waals surface area contributed by atoms with Gasteiger partial charge in [0.05, 0.1) is 0 Å². The fraction of sp³-hybridized carbons (Fsp3) is 0.300. The second-order valence-corrected chi connectivity index (χ2v) is 3.52. The van der Waals surface area contributed by atoms with Crippen molar-refractivity contribution in [2.24, 2.45) is 0 Å². The summed E-state index contributed by atoms with van der Waals surface area (Å²) in [6.45, 7) is 4.23. The van der Waals surface area contributed by atoms with Gasteiger partial charge in [-0.15, -0.1) is 0 Å². The second-order valence-electron chi connectivity index (χ2n) is 3.52. The van der Waals surface area contributed by atoms with Crippen LogP contribution < -0.4 is 5.43 Å². The summed E-state index contributed by atoms with van der Waals surface area (Å²) in [5, 5.41) is 0. The molecule has 0 atom stereocenters. The van der Waals surface area contributed by atoms with Crippen LogP contribution in [0.15, 0.2) is 29.3 Å². The normalized spacial score (nSPS) is 11.3. The van der Waals surface area contributed by atoms with Gasteiger partial charge in [-0.25, -0.2) is 0 Å². The van der Waals surface area contributed by atoms with Crippen LogP contribution in [0.5, 0.6) is 0 Å². The first-order valence-corrected chi connectivity index (χ1v) is 4.38. The first kappa shape index (κ1) is 8.10. The molecule has 68 valence electrons. The van der Waals surface area contributed by atoms with Crippen molar-refractivity contribution in [1.29, 1.82) is 0 Å². The molecule has 1 N–H and O–H groups in total. The van der Waals surface area contributed by atoms with Gasteiger partial charge < -0.3 is 9.38 Å². The molecule has 0 saturated carbocycles. The Balaban J connectivity index is 2.69. The lowest BCUT2D eigenvalue weighted by molar-refractivity contribution is 0.834. The monoisotopic (exact) mass is 176 g/mol. The highest BCUT2D eigenvalue weighted by Gasteiger charge is 2.02. The minimum Gasteiger partial charge on any atom is -0.343 e. The van der Waals surface area contributed by atoms with Gasteiger partial charge in [0.25, 0.3) is 0 Å². The molecule has 2 heterocycles. The van der Waals surface area contributed by atoms with E-state index in [1.807, 2.05) is 10.6 Å². The molecule has 13 heavy (non-hydrogen) atoms. The third-order valence-electron chi connectivity index (χ3n) is 2.13. The van der Waals surface area contributed by atoms with Crippen LogP contribution in [0.25, 0.3) is 5.65 Å². The Kier molecular flexibility index (Phi) is 1.72. The molecule has 3 nitrogen and oxygen atoms in total. The van der Waals surface area contributed by atoms with Gasteiger partial charge in [-0.3, -0.25) is 4.79 Å². The highest BCUT2D eigenvalue weighted by molar-refractivity contribution is 5.39. The van der Waals surface area contributed by atoms with Crippen molar-refractivity contribution in [1.82, 2.24) is 9.38 Å². The van der Waals surface area contributed by atoms with Gasteiger partial charge in [-0.05, 0) is 5.92 Å². The number of pyridine rings is 1. The molecule has 2 rings (SSSR count). The Morgan fingerprint density at radius 3 is 2.92 bits per heavy atom. The van der Waals surface area contributed by atoms with Gasteiger partial charge in [-0.2, -0.15) is 0 Å². The van der Waals surface area contributed by atoms with Crippen molar-refractivity contribution in [3.8, 4) is 0 Å². The number of nitrogens with one attached hydrogen (secondary N) is 1. The molecule has 0 amide bonds.